The first-order chi connectivity index (χ1) is 13.3. The number of furan rings is 1. The van der Waals surface area contributed by atoms with Crippen molar-refractivity contribution in [1.29, 1.82) is 5.26 Å². The zero-order chi connectivity index (χ0) is 20.4. The first-order valence-corrected chi connectivity index (χ1v) is 8.92. The molecule has 2 amide bonds. The van der Waals surface area contributed by atoms with Crippen molar-refractivity contribution in [3.05, 3.63) is 63.9 Å². The van der Waals surface area contributed by atoms with Gasteiger partial charge in [-0.3, -0.25) is 14.5 Å². The third-order valence-corrected chi connectivity index (χ3v) is 4.57. The van der Waals surface area contributed by atoms with Crippen LogP contribution in [0.1, 0.15) is 19.6 Å². The number of aliphatic hydroxyl groups excluding tert-OH is 1. The van der Waals surface area contributed by atoms with Gasteiger partial charge in [0, 0.05) is 16.2 Å². The Hall–Kier alpha value is -3.14. The molecule has 1 aliphatic rings. The lowest BCUT2D eigenvalue weighted by Crippen LogP contribution is -2.45. The number of carbonyl (C=O) groups is 2. The molecular weight excluding hydrogens is 380 g/mol. The van der Waals surface area contributed by atoms with Crippen LogP contribution < -0.4 is 0 Å². The Morgan fingerprint density at radius 3 is 2.50 bits per heavy atom. The summed E-state index contributed by atoms with van der Waals surface area (Å²) in [4.78, 5) is 26.0. The van der Waals surface area contributed by atoms with Crippen LogP contribution in [0.25, 0.3) is 17.4 Å². The highest BCUT2D eigenvalue weighted by Gasteiger charge is 2.36. The smallest absolute Gasteiger partial charge is 0.271 e. The van der Waals surface area contributed by atoms with Gasteiger partial charge >= 0.3 is 0 Å². The fourth-order valence-electron chi connectivity index (χ4n) is 2.90. The molecule has 1 atom stereocenters. The van der Waals surface area contributed by atoms with E-state index in [0.717, 1.165) is 10.5 Å². The number of β-amino-alcohol motifs (C(OH)–C–C–N with tert-alkyl or cyclic N) is 1. The molecule has 0 bridgehead atoms. The number of nitriles is 1. The van der Waals surface area contributed by atoms with Gasteiger partial charge in [0.1, 0.15) is 23.2 Å². The summed E-state index contributed by atoms with van der Waals surface area (Å²) >= 11 is 5.90. The van der Waals surface area contributed by atoms with Crippen molar-refractivity contribution in [1.82, 2.24) is 4.90 Å². The van der Waals surface area contributed by atoms with Crippen LogP contribution in [0.5, 0.6) is 0 Å². The Bertz CT molecular complexity index is 1040. The summed E-state index contributed by atoms with van der Waals surface area (Å²) in [5, 5.41) is 19.5. The van der Waals surface area contributed by atoms with Crippen LogP contribution in [0, 0.1) is 11.3 Å². The molecule has 0 saturated heterocycles. The van der Waals surface area contributed by atoms with Gasteiger partial charge in [-0.1, -0.05) is 11.6 Å². The van der Waals surface area contributed by atoms with Gasteiger partial charge < -0.3 is 9.52 Å². The molecule has 3 rings (SSSR count). The van der Waals surface area contributed by atoms with Gasteiger partial charge in [0.05, 0.1) is 12.6 Å². The summed E-state index contributed by atoms with van der Waals surface area (Å²) in [6.07, 6.45) is 0.586. The van der Waals surface area contributed by atoms with Crippen LogP contribution in [0.2, 0.25) is 5.02 Å². The second-order valence-corrected chi connectivity index (χ2v) is 6.89. The van der Waals surface area contributed by atoms with Crippen LogP contribution >= 0.6 is 11.6 Å². The van der Waals surface area contributed by atoms with E-state index in [9.17, 15) is 20.0 Å². The molecule has 1 aromatic carbocycles. The first-order valence-electron chi connectivity index (χ1n) is 8.55. The van der Waals surface area contributed by atoms with Crippen LogP contribution in [0.15, 0.2) is 57.5 Å². The highest BCUT2D eigenvalue weighted by atomic mass is 35.5. The van der Waals surface area contributed by atoms with Crippen LogP contribution in [0.4, 0.5) is 0 Å². The van der Waals surface area contributed by atoms with Crippen molar-refractivity contribution >= 4 is 29.5 Å². The number of benzene rings is 1. The molecular formula is C21H17ClN2O4. The number of imide groups is 1. The highest BCUT2D eigenvalue weighted by Crippen LogP contribution is 2.29. The zero-order valence-electron chi connectivity index (χ0n) is 15.3. The lowest BCUT2D eigenvalue weighted by Gasteiger charge is -2.28. The van der Waals surface area contributed by atoms with E-state index in [1.165, 1.54) is 13.0 Å². The Morgan fingerprint density at radius 1 is 1.21 bits per heavy atom. The molecule has 0 saturated carbocycles. The van der Waals surface area contributed by atoms with E-state index < -0.39 is 17.9 Å². The largest absolute Gasteiger partial charge is 0.457 e. The summed E-state index contributed by atoms with van der Waals surface area (Å²) in [6.45, 7) is 2.82. The van der Waals surface area contributed by atoms with Crippen molar-refractivity contribution in [3.8, 4) is 17.4 Å². The Kier molecular flexibility index (Phi) is 5.50. The molecule has 1 unspecified atom stereocenters. The van der Waals surface area contributed by atoms with Crippen molar-refractivity contribution in [2.24, 2.45) is 0 Å². The van der Waals surface area contributed by atoms with Crippen LogP contribution in [-0.2, 0) is 9.59 Å². The monoisotopic (exact) mass is 396 g/mol. The van der Waals surface area contributed by atoms with Gasteiger partial charge in [-0.25, -0.2) is 0 Å². The number of carbonyl (C=O) groups excluding carboxylic acids is 2. The van der Waals surface area contributed by atoms with E-state index in [1.54, 1.807) is 31.2 Å². The zero-order valence-corrected chi connectivity index (χ0v) is 16.0. The molecule has 28 heavy (non-hydrogen) atoms. The second kappa shape index (κ2) is 7.85. The Morgan fingerprint density at radius 2 is 1.89 bits per heavy atom. The summed E-state index contributed by atoms with van der Waals surface area (Å²) in [6, 6.07) is 12.4. The van der Waals surface area contributed by atoms with E-state index in [-0.39, 0.29) is 23.3 Å². The number of nitrogens with zero attached hydrogens (tertiary/aromatic N) is 2. The minimum atomic E-state index is -0.910. The number of amides is 2. The van der Waals surface area contributed by atoms with E-state index in [1.807, 2.05) is 18.2 Å². The lowest BCUT2D eigenvalue weighted by molar-refractivity contribution is -0.141. The number of hydrogen-bond donors (Lipinski definition) is 1. The summed E-state index contributed by atoms with van der Waals surface area (Å²) in [5.74, 6) is -0.293. The van der Waals surface area contributed by atoms with Gasteiger partial charge in [0.15, 0.2) is 0 Å². The topological polar surface area (TPSA) is 94.5 Å². The minimum Gasteiger partial charge on any atom is -0.457 e. The third kappa shape index (κ3) is 3.77. The maximum atomic E-state index is 12.8. The number of halogens is 1. The van der Waals surface area contributed by atoms with Gasteiger partial charge in [0.2, 0.25) is 0 Å². The average molecular weight is 397 g/mol. The predicted octanol–water partition coefficient (Wildman–Crippen LogP) is 3.57. The first kappa shape index (κ1) is 19.6. The van der Waals surface area contributed by atoms with E-state index >= 15 is 0 Å². The molecule has 142 valence electrons. The maximum absolute atomic E-state index is 12.8. The molecule has 6 nitrogen and oxygen atoms in total. The third-order valence-electron chi connectivity index (χ3n) is 4.31. The van der Waals surface area contributed by atoms with Gasteiger partial charge in [0.25, 0.3) is 11.8 Å². The molecule has 1 aliphatic heterocycles. The fraction of sp³-hybridized carbons (Fsp3) is 0.190. The molecule has 1 aromatic heterocycles. The predicted molar refractivity (Wildman–Crippen MR) is 104 cm³/mol. The van der Waals surface area contributed by atoms with Gasteiger partial charge in [-0.15, -0.1) is 0 Å². The SMILES string of the molecule is CC1=C(C#N)C(=O)N(CC(C)O)C(=O)/C1=C/c1ccc(-c2ccc(Cl)cc2)o1. The lowest BCUT2D eigenvalue weighted by atomic mass is 9.94. The maximum Gasteiger partial charge on any atom is 0.271 e. The van der Waals surface area contributed by atoms with Crippen molar-refractivity contribution in [2.45, 2.75) is 20.0 Å². The van der Waals surface area contributed by atoms with Gasteiger partial charge in [-0.2, -0.15) is 5.26 Å². The van der Waals surface area contributed by atoms with Crippen molar-refractivity contribution in [3.63, 3.8) is 0 Å². The second-order valence-electron chi connectivity index (χ2n) is 6.45. The molecule has 0 fully saturated rings. The summed E-state index contributed by atoms with van der Waals surface area (Å²) < 4.78 is 5.79. The minimum absolute atomic E-state index is 0.129. The molecule has 2 aromatic rings. The van der Waals surface area contributed by atoms with E-state index in [0.29, 0.717) is 16.5 Å². The Labute approximate surface area is 166 Å². The fourth-order valence-corrected chi connectivity index (χ4v) is 3.03. The highest BCUT2D eigenvalue weighted by molar-refractivity contribution is 6.30. The van der Waals surface area contributed by atoms with Crippen LogP contribution in [-0.4, -0.2) is 34.5 Å². The summed E-state index contributed by atoms with van der Waals surface area (Å²) in [7, 11) is 0. The van der Waals surface area contributed by atoms with E-state index in [2.05, 4.69) is 0 Å². The van der Waals surface area contributed by atoms with Crippen LogP contribution in [0.3, 0.4) is 0 Å². The van der Waals surface area contributed by atoms with Crippen molar-refractivity contribution < 1.29 is 19.1 Å². The van der Waals surface area contributed by atoms with E-state index in [4.69, 9.17) is 16.0 Å². The molecule has 0 spiro atoms. The molecule has 0 aliphatic carbocycles. The number of hydrogen-bond acceptors (Lipinski definition) is 5. The Balaban J connectivity index is 2.01. The average Bonchev–Trinajstić information content (AvgIpc) is 3.12. The van der Waals surface area contributed by atoms with Crippen molar-refractivity contribution in [2.75, 3.05) is 6.54 Å². The normalized spacial score (nSPS) is 17.2. The number of rotatable bonds is 4. The quantitative estimate of drug-likeness (QED) is 0.629. The molecule has 7 heteroatoms. The molecule has 2 heterocycles. The summed E-state index contributed by atoms with van der Waals surface area (Å²) in [5.41, 5.74) is 1.15. The number of aliphatic hydroxyl groups is 1. The molecule has 0 radical (unpaired) electrons. The van der Waals surface area contributed by atoms with Gasteiger partial charge in [-0.05, 0) is 61.9 Å². The standard InChI is InChI=1S/C21H17ClN2O4/c1-12(25)11-24-20(26)17(13(2)18(10-23)21(24)27)9-16-7-8-19(28-16)14-3-5-15(22)6-4-14/h3-9,12,25H,11H2,1-2H3/b17-9+. The molecule has 1 N–H and O–H groups in total.